The predicted molar refractivity (Wildman–Crippen MR) is 448 cm³/mol. The van der Waals surface area contributed by atoms with Crippen molar-refractivity contribution in [1.29, 1.82) is 0 Å². The number of aromatic hydroxyl groups is 2. The molecule has 0 atom stereocenters. The van der Waals surface area contributed by atoms with Crippen molar-refractivity contribution in [3.63, 3.8) is 0 Å². The SMILES string of the molecule is COc1ccc2c(-c3ccc(Cl)cc3F)c(OC)ccc2c1-c1ccc(Cl)cc1F.COc1ccc2c(Br)c(OC)ccc2c1Br.Clc1ccc2c(c1)oc1ccc3c(ccc4oc5cc(Cl)ccc5c43)c12.OB(O)c1ccc(Cl)cc1F.Oc1ccc2c(-c3ccc(Cl)cc3F)c(O)ccc2c1-c1ccc(Cl)cc1F. The summed E-state index contributed by atoms with van der Waals surface area (Å²) in [6.45, 7) is 0. The van der Waals surface area contributed by atoms with Crippen LogP contribution in [0.15, 0.2) is 242 Å². The Morgan fingerprint density at radius 1 is 0.288 bits per heavy atom. The van der Waals surface area contributed by atoms with Gasteiger partial charge in [-0.3, -0.25) is 0 Å². The van der Waals surface area contributed by atoms with Crippen molar-refractivity contribution in [3.8, 4) is 79.0 Å². The molecular weight excluding hydrogens is 1710 g/mol. The number of phenols is 2. The third-order valence-electron chi connectivity index (χ3n) is 18.2. The van der Waals surface area contributed by atoms with E-state index in [1.54, 1.807) is 74.9 Å². The monoisotopic (exact) mass is 1750 g/mol. The van der Waals surface area contributed by atoms with E-state index in [-0.39, 0.29) is 54.3 Å². The van der Waals surface area contributed by atoms with Gasteiger partial charge < -0.3 is 48.0 Å². The van der Waals surface area contributed by atoms with Crippen LogP contribution in [-0.2, 0) is 0 Å². The van der Waals surface area contributed by atoms with E-state index in [1.165, 1.54) is 74.9 Å². The van der Waals surface area contributed by atoms with Crippen molar-refractivity contribution in [2.45, 2.75) is 0 Å². The van der Waals surface area contributed by atoms with Crippen LogP contribution in [0.5, 0.6) is 34.5 Å². The molecule has 0 amide bonds. The molecule has 0 bridgehead atoms. The van der Waals surface area contributed by atoms with Crippen LogP contribution in [0, 0.1) is 29.1 Å². The molecule has 10 nitrogen and oxygen atoms in total. The van der Waals surface area contributed by atoms with Crippen LogP contribution in [-0.4, -0.2) is 55.8 Å². The third-order valence-corrected chi connectivity index (χ3v) is 21.5. The zero-order valence-corrected chi connectivity index (χ0v) is 66.4. The van der Waals surface area contributed by atoms with Crippen LogP contribution in [0.2, 0.25) is 35.2 Å². The normalized spacial score (nSPS) is 11.1. The summed E-state index contributed by atoms with van der Waals surface area (Å²) in [5, 5.41) is 51.6. The quantitative estimate of drug-likeness (QED) is 0.0814. The molecular formula is C86H53BBr2Cl7F5O10. The fourth-order valence-corrected chi connectivity index (χ4v) is 15.6. The zero-order chi connectivity index (χ0) is 79.0. The number of hydrogen-bond acceptors (Lipinski definition) is 10. The van der Waals surface area contributed by atoms with E-state index >= 15 is 0 Å². The summed E-state index contributed by atoms with van der Waals surface area (Å²) in [6, 6.07) is 61.3. The average Bonchev–Trinajstić information content (AvgIpc) is 1.43. The highest BCUT2D eigenvalue weighted by Gasteiger charge is 2.25. The summed E-state index contributed by atoms with van der Waals surface area (Å²) in [4.78, 5) is 0. The predicted octanol–water partition coefficient (Wildman–Crippen LogP) is 27.4. The molecule has 111 heavy (non-hydrogen) atoms. The molecule has 17 rings (SSSR count). The van der Waals surface area contributed by atoms with Gasteiger partial charge in [0, 0.05) is 130 Å². The summed E-state index contributed by atoms with van der Waals surface area (Å²) >= 11 is 48.3. The first kappa shape index (κ1) is 79.5. The second kappa shape index (κ2) is 33.7. The molecule has 4 N–H and O–H groups in total. The Kier molecular flexibility index (Phi) is 24.2. The van der Waals surface area contributed by atoms with Crippen molar-refractivity contribution in [2.24, 2.45) is 0 Å². The molecule has 0 saturated carbocycles. The average molecular weight is 1760 g/mol. The van der Waals surface area contributed by atoms with Crippen molar-refractivity contribution >= 4 is 213 Å². The Morgan fingerprint density at radius 3 is 0.892 bits per heavy atom. The standard InChI is InChI=1S/C24H16Cl2F2O2.C22H12Cl2F2O2.C22H10Cl2O2.C12H10Br2O2.C6H5BClFO2/c1-29-21-9-7-16-15(23(21)17-5-3-13(25)11-19(17)27)8-10-22(30-2)24(16)18-6-4-14(26)12-20(18)28;23-11-1-3-15(17(25)9-11)21-13-5-8-20(28)22(14(13)6-7-19(21)27)16-4-2-12(24)10-18(16)26;23-11-1-3-15-19(9-11)25-17-7-6-14-13(21(15)17)5-8-18-22(14)16-4-2-12(24)10-20(16)26-18;1-15-9-5-3-8-7(11(9)13)4-6-10(16-2)12(8)14;8-4-1-2-5(7(10)11)6(9)3-4/h3-12H,1-2H3;1-10,27-28H;1-10H;3-6H,1-2H3;1-3,10-11H. The number of ether oxygens (including phenoxy) is 4. The second-order valence-corrected chi connectivity index (χ2v) is 29.3. The number of phenolic OH excluding ortho intramolecular Hbond substituents is 2. The fourth-order valence-electron chi connectivity index (χ4n) is 13.2. The Balaban J connectivity index is 0.000000126. The lowest BCUT2D eigenvalue weighted by Gasteiger charge is -2.18. The van der Waals surface area contributed by atoms with Gasteiger partial charge in [-0.1, -0.05) is 87.3 Å². The maximum Gasteiger partial charge on any atom is 0.491 e. The molecule has 2 aromatic heterocycles. The van der Waals surface area contributed by atoms with Crippen LogP contribution < -0.4 is 24.4 Å². The maximum atomic E-state index is 14.8. The highest BCUT2D eigenvalue weighted by atomic mass is 79.9. The van der Waals surface area contributed by atoms with Crippen LogP contribution in [0.3, 0.4) is 0 Å². The molecule has 0 unspecified atom stereocenters. The van der Waals surface area contributed by atoms with Gasteiger partial charge in [-0.25, -0.2) is 22.0 Å². The smallest absolute Gasteiger partial charge is 0.491 e. The molecule has 0 fully saturated rings. The largest absolute Gasteiger partial charge is 0.507 e. The van der Waals surface area contributed by atoms with Gasteiger partial charge in [-0.15, -0.1) is 0 Å². The summed E-state index contributed by atoms with van der Waals surface area (Å²) < 4.78 is 107. The van der Waals surface area contributed by atoms with E-state index in [0.717, 1.165) is 104 Å². The molecule has 0 aliphatic rings. The Hall–Kier alpha value is -9.64. The van der Waals surface area contributed by atoms with E-state index in [2.05, 4.69) is 44.0 Å². The van der Waals surface area contributed by atoms with Crippen molar-refractivity contribution in [3.05, 3.63) is 298 Å². The maximum absolute atomic E-state index is 14.8. The summed E-state index contributed by atoms with van der Waals surface area (Å²) in [5.41, 5.74) is 5.59. The van der Waals surface area contributed by atoms with Crippen molar-refractivity contribution in [2.75, 3.05) is 28.4 Å². The van der Waals surface area contributed by atoms with Crippen LogP contribution in [0.1, 0.15) is 0 Å². The van der Waals surface area contributed by atoms with Gasteiger partial charge in [0.1, 0.15) is 85.9 Å². The van der Waals surface area contributed by atoms with Crippen LogP contribution >= 0.6 is 113 Å². The van der Waals surface area contributed by atoms with Crippen molar-refractivity contribution < 1.29 is 70.0 Å². The molecule has 0 spiro atoms. The van der Waals surface area contributed by atoms with E-state index in [9.17, 15) is 32.2 Å². The van der Waals surface area contributed by atoms with Gasteiger partial charge in [0.2, 0.25) is 0 Å². The number of hydrogen-bond donors (Lipinski definition) is 4. The van der Waals surface area contributed by atoms with Gasteiger partial charge >= 0.3 is 7.12 Å². The topological polar surface area (TPSA) is 144 Å². The lowest BCUT2D eigenvalue weighted by molar-refractivity contribution is 0.411. The molecule has 17 aromatic rings. The molecule has 558 valence electrons. The molecule has 0 aliphatic heterocycles. The number of rotatable bonds is 9. The first-order valence-corrected chi connectivity index (χ1v) is 37.3. The van der Waals surface area contributed by atoms with Crippen LogP contribution in [0.25, 0.3) is 131 Å². The molecule has 0 aliphatic carbocycles. The molecule has 2 heterocycles. The summed E-state index contributed by atoms with van der Waals surface area (Å²) in [5.74, 6) is -0.588. The van der Waals surface area contributed by atoms with Gasteiger partial charge in [0.05, 0.1) is 37.4 Å². The van der Waals surface area contributed by atoms with Gasteiger partial charge in [-0.2, -0.15) is 0 Å². The first-order valence-electron chi connectivity index (χ1n) is 33.1. The van der Waals surface area contributed by atoms with E-state index in [0.29, 0.717) is 75.4 Å². The number of furan rings is 2. The van der Waals surface area contributed by atoms with Gasteiger partial charge in [-0.05, 0) is 270 Å². The van der Waals surface area contributed by atoms with Gasteiger partial charge in [0.25, 0.3) is 0 Å². The molecule has 25 heteroatoms. The lowest BCUT2D eigenvalue weighted by atomic mass is 9.80. The highest BCUT2D eigenvalue weighted by Crippen LogP contribution is 2.49. The third kappa shape index (κ3) is 16.1. The molecule has 0 radical (unpaired) electrons. The number of benzene rings is 15. The number of methoxy groups -OCH3 is 4. The Bertz CT molecular complexity index is 6170. The van der Waals surface area contributed by atoms with Gasteiger partial charge in [0.15, 0.2) is 0 Å². The minimum atomic E-state index is -1.78. The summed E-state index contributed by atoms with van der Waals surface area (Å²) in [7, 11) is 4.56. The minimum absolute atomic E-state index is 0.140. The van der Waals surface area contributed by atoms with Crippen molar-refractivity contribution in [1.82, 2.24) is 0 Å². The summed E-state index contributed by atoms with van der Waals surface area (Å²) in [6.07, 6.45) is 0. The zero-order valence-electron chi connectivity index (χ0n) is 58.0. The number of halogens is 14. The lowest BCUT2D eigenvalue weighted by Crippen LogP contribution is -2.32. The molecule has 0 saturated heterocycles. The molecule has 15 aromatic carbocycles. The van der Waals surface area contributed by atoms with Crippen LogP contribution in [0.4, 0.5) is 22.0 Å². The van der Waals surface area contributed by atoms with E-state index in [1.807, 2.05) is 72.8 Å². The van der Waals surface area contributed by atoms with E-state index in [4.69, 9.17) is 119 Å². The Morgan fingerprint density at radius 2 is 0.559 bits per heavy atom. The fraction of sp³-hybridized carbons (Fsp3) is 0.0465. The minimum Gasteiger partial charge on any atom is -0.507 e. The van der Waals surface area contributed by atoms with E-state index < -0.39 is 36.2 Å². The highest BCUT2D eigenvalue weighted by molar-refractivity contribution is 9.11. The first-order chi connectivity index (χ1) is 53.3. The second-order valence-electron chi connectivity index (χ2n) is 24.6. The Labute approximate surface area is 682 Å². The number of fused-ring (bicyclic) bond motifs is 12.